The van der Waals surface area contributed by atoms with Gasteiger partial charge in [-0.15, -0.1) is 0 Å². The Morgan fingerprint density at radius 3 is 2.73 bits per heavy atom. The lowest BCUT2D eigenvalue weighted by Crippen LogP contribution is -2.46. The first-order valence-corrected chi connectivity index (χ1v) is 4.84. The number of carbonyl (C=O) groups is 2. The van der Waals surface area contributed by atoms with E-state index < -0.39 is 12.0 Å². The Bertz CT molecular complexity index is 256. The summed E-state index contributed by atoms with van der Waals surface area (Å²) in [6.07, 6.45) is 0.607. The van der Waals surface area contributed by atoms with Gasteiger partial charge >= 0.3 is 5.97 Å². The highest BCUT2D eigenvalue weighted by Crippen LogP contribution is 2.09. The lowest BCUT2D eigenvalue weighted by atomic mass is 10.2. The van der Waals surface area contributed by atoms with Crippen LogP contribution >= 0.6 is 0 Å². The largest absolute Gasteiger partial charge is 0.480 e. The molecule has 1 aliphatic rings. The Morgan fingerprint density at radius 1 is 1.60 bits per heavy atom. The average Bonchev–Trinajstić information content (AvgIpc) is 2.65. The van der Waals surface area contributed by atoms with Gasteiger partial charge in [0.25, 0.3) is 0 Å². The van der Waals surface area contributed by atoms with Gasteiger partial charge in [0, 0.05) is 13.7 Å². The summed E-state index contributed by atoms with van der Waals surface area (Å²) in [6, 6.07) is -1.21. The van der Waals surface area contributed by atoms with Crippen LogP contribution in [0.2, 0.25) is 0 Å². The van der Waals surface area contributed by atoms with Gasteiger partial charge in [-0.2, -0.15) is 0 Å². The molecule has 2 unspecified atom stereocenters. The Morgan fingerprint density at radius 2 is 2.27 bits per heavy atom. The minimum atomic E-state index is -1.04. The monoisotopic (exact) mass is 216 g/mol. The zero-order valence-electron chi connectivity index (χ0n) is 8.82. The first-order valence-electron chi connectivity index (χ1n) is 4.84. The number of hydrogen-bond acceptors (Lipinski definition) is 4. The number of nitrogens with one attached hydrogen (secondary N) is 2. The molecule has 1 saturated heterocycles. The minimum absolute atomic E-state index is 0.0286. The number of methoxy groups -OCH3 is 1. The first kappa shape index (κ1) is 11.9. The molecule has 0 aromatic carbocycles. The number of carboxylic acid groups (broad SMARTS) is 1. The van der Waals surface area contributed by atoms with E-state index in [1.807, 2.05) is 0 Å². The van der Waals surface area contributed by atoms with Gasteiger partial charge in [-0.25, -0.2) is 0 Å². The molecule has 0 saturated carbocycles. The predicted octanol–water partition coefficient (Wildman–Crippen LogP) is -1.05. The van der Waals surface area contributed by atoms with E-state index in [9.17, 15) is 9.59 Å². The molecule has 6 nitrogen and oxygen atoms in total. The Hall–Kier alpha value is -1.14. The molecular weight excluding hydrogens is 200 g/mol. The van der Waals surface area contributed by atoms with Gasteiger partial charge in [0.15, 0.2) is 0 Å². The van der Waals surface area contributed by atoms with E-state index in [2.05, 4.69) is 10.6 Å². The third-order valence-corrected chi connectivity index (χ3v) is 2.47. The molecule has 0 bridgehead atoms. The molecular formula is C9H16N2O4. The van der Waals surface area contributed by atoms with Crippen molar-refractivity contribution in [3.8, 4) is 0 Å². The molecule has 0 aromatic rings. The van der Waals surface area contributed by atoms with Gasteiger partial charge in [0.05, 0.1) is 12.1 Å². The molecule has 0 aliphatic carbocycles. The van der Waals surface area contributed by atoms with Crippen LogP contribution in [0, 0.1) is 0 Å². The Kier molecular flexibility index (Phi) is 4.05. The maximum atomic E-state index is 11.5. The van der Waals surface area contributed by atoms with Crippen LogP contribution < -0.4 is 10.6 Å². The highest BCUT2D eigenvalue weighted by atomic mass is 16.5. The zero-order chi connectivity index (χ0) is 11.4. The van der Waals surface area contributed by atoms with E-state index in [0.717, 1.165) is 0 Å². The van der Waals surface area contributed by atoms with Crippen LogP contribution in [0.15, 0.2) is 0 Å². The quantitative estimate of drug-likeness (QED) is 0.558. The van der Waals surface area contributed by atoms with Gasteiger partial charge in [0.1, 0.15) is 6.04 Å². The van der Waals surface area contributed by atoms with Crippen molar-refractivity contribution in [1.29, 1.82) is 0 Å². The van der Waals surface area contributed by atoms with Crippen molar-refractivity contribution >= 4 is 11.9 Å². The minimum Gasteiger partial charge on any atom is -0.480 e. The number of rotatable bonds is 4. The summed E-state index contributed by atoms with van der Waals surface area (Å²) in [7, 11) is 1.59. The number of carbonyl (C=O) groups excluding carboxylic acids is 1. The first-order chi connectivity index (χ1) is 7.04. The van der Waals surface area contributed by atoms with E-state index >= 15 is 0 Å². The number of aliphatic carboxylic acids is 1. The average molecular weight is 216 g/mol. The van der Waals surface area contributed by atoms with Gasteiger partial charge in [-0.05, 0) is 13.3 Å². The summed E-state index contributed by atoms with van der Waals surface area (Å²) in [5.74, 6) is -1.32. The lowest BCUT2D eigenvalue weighted by Gasteiger charge is -2.13. The molecule has 0 spiro atoms. The predicted molar refractivity (Wildman–Crippen MR) is 52.4 cm³/mol. The van der Waals surface area contributed by atoms with Gasteiger partial charge in [-0.3, -0.25) is 9.59 Å². The summed E-state index contributed by atoms with van der Waals surface area (Å²) in [6.45, 7) is 2.05. The van der Waals surface area contributed by atoms with Crippen LogP contribution in [-0.4, -0.2) is 48.8 Å². The molecule has 3 N–H and O–H groups in total. The van der Waals surface area contributed by atoms with E-state index in [4.69, 9.17) is 9.84 Å². The molecule has 15 heavy (non-hydrogen) atoms. The van der Waals surface area contributed by atoms with Crippen molar-refractivity contribution in [2.24, 2.45) is 0 Å². The summed E-state index contributed by atoms with van der Waals surface area (Å²) in [5, 5.41) is 14.0. The van der Waals surface area contributed by atoms with Crippen LogP contribution in [0.4, 0.5) is 0 Å². The Balaban J connectivity index is 2.38. The fourth-order valence-electron chi connectivity index (χ4n) is 1.46. The van der Waals surface area contributed by atoms with E-state index in [1.165, 1.54) is 6.92 Å². The summed E-state index contributed by atoms with van der Waals surface area (Å²) >= 11 is 0. The molecule has 0 radical (unpaired) electrons. The third-order valence-electron chi connectivity index (χ3n) is 2.47. The van der Waals surface area contributed by atoms with Crippen LogP contribution in [-0.2, 0) is 14.3 Å². The third kappa shape index (κ3) is 3.17. The fraction of sp³-hybridized carbons (Fsp3) is 0.778. The molecule has 1 fully saturated rings. The molecule has 1 aliphatic heterocycles. The van der Waals surface area contributed by atoms with Crippen LogP contribution in [0.1, 0.15) is 13.3 Å². The van der Waals surface area contributed by atoms with Gasteiger partial charge < -0.3 is 20.5 Å². The van der Waals surface area contributed by atoms with E-state index in [1.54, 1.807) is 7.11 Å². The molecule has 86 valence electrons. The highest BCUT2D eigenvalue weighted by Gasteiger charge is 2.30. The molecule has 0 aromatic heterocycles. The highest BCUT2D eigenvalue weighted by molar-refractivity contribution is 5.86. The normalized spacial score (nSPS) is 27.3. The summed E-state index contributed by atoms with van der Waals surface area (Å²) in [4.78, 5) is 22.0. The second-order valence-electron chi connectivity index (χ2n) is 3.62. The van der Waals surface area contributed by atoms with Gasteiger partial charge in [0.2, 0.25) is 5.91 Å². The topological polar surface area (TPSA) is 87.7 Å². The van der Waals surface area contributed by atoms with E-state index in [-0.39, 0.29) is 18.1 Å². The number of amides is 1. The van der Waals surface area contributed by atoms with Gasteiger partial charge in [-0.1, -0.05) is 0 Å². The van der Waals surface area contributed by atoms with Crippen molar-refractivity contribution in [3.05, 3.63) is 0 Å². The second-order valence-corrected chi connectivity index (χ2v) is 3.62. The lowest BCUT2D eigenvalue weighted by molar-refractivity contribution is -0.141. The SMILES string of the molecule is COC1CNC(C(=O)N[C@H](C)C(=O)O)C1. The number of hydrogen-bond donors (Lipinski definition) is 3. The molecule has 1 rings (SSSR count). The van der Waals surface area contributed by atoms with Crippen LogP contribution in [0.3, 0.4) is 0 Å². The molecule has 1 amide bonds. The van der Waals surface area contributed by atoms with Crippen molar-refractivity contribution in [1.82, 2.24) is 10.6 Å². The smallest absolute Gasteiger partial charge is 0.325 e. The second kappa shape index (κ2) is 5.09. The summed E-state index contributed by atoms with van der Waals surface area (Å²) < 4.78 is 5.09. The van der Waals surface area contributed by atoms with Crippen molar-refractivity contribution in [3.63, 3.8) is 0 Å². The number of ether oxygens (including phenoxy) is 1. The fourth-order valence-corrected chi connectivity index (χ4v) is 1.46. The maximum absolute atomic E-state index is 11.5. The maximum Gasteiger partial charge on any atom is 0.325 e. The molecule has 6 heteroatoms. The van der Waals surface area contributed by atoms with E-state index in [0.29, 0.717) is 13.0 Å². The van der Waals surface area contributed by atoms with Crippen LogP contribution in [0.25, 0.3) is 0 Å². The van der Waals surface area contributed by atoms with Crippen LogP contribution in [0.5, 0.6) is 0 Å². The van der Waals surface area contributed by atoms with Crippen molar-refractivity contribution < 1.29 is 19.4 Å². The van der Waals surface area contributed by atoms with Crippen molar-refractivity contribution in [2.45, 2.75) is 31.5 Å². The summed E-state index contributed by atoms with van der Waals surface area (Å²) in [5.41, 5.74) is 0. The molecule has 1 heterocycles. The molecule has 3 atom stereocenters. The Labute approximate surface area is 88.0 Å². The standard InChI is InChI=1S/C9H16N2O4/c1-5(9(13)14)11-8(12)7-3-6(15-2)4-10-7/h5-7,10H,3-4H2,1-2H3,(H,11,12)(H,13,14)/t5-,6?,7?/m1/s1. The van der Waals surface area contributed by atoms with Crippen molar-refractivity contribution in [2.75, 3.05) is 13.7 Å². The zero-order valence-corrected chi connectivity index (χ0v) is 8.82. The number of carboxylic acids is 1.